The summed E-state index contributed by atoms with van der Waals surface area (Å²) in [6.45, 7) is 8.41. The predicted molar refractivity (Wildman–Crippen MR) is 111 cm³/mol. The molecule has 0 saturated heterocycles. The molecule has 2 N–H and O–H groups in total. The summed E-state index contributed by atoms with van der Waals surface area (Å²) in [5, 5.41) is 0.497. The highest BCUT2D eigenvalue weighted by molar-refractivity contribution is 7.18. The van der Waals surface area contributed by atoms with Crippen LogP contribution in [-0.4, -0.2) is 20.6 Å². The summed E-state index contributed by atoms with van der Waals surface area (Å²) in [7, 11) is 0. The Morgan fingerprint density at radius 3 is 2.41 bits per heavy atom. The number of halogens is 2. The quantitative estimate of drug-likeness (QED) is 0.696. The van der Waals surface area contributed by atoms with Crippen LogP contribution in [0.25, 0.3) is 10.2 Å². The van der Waals surface area contributed by atoms with E-state index in [1.807, 2.05) is 27.7 Å². The van der Waals surface area contributed by atoms with Crippen LogP contribution in [0.3, 0.4) is 0 Å². The van der Waals surface area contributed by atoms with Gasteiger partial charge >= 0.3 is 5.69 Å². The zero-order valence-corrected chi connectivity index (χ0v) is 18.1. The van der Waals surface area contributed by atoms with E-state index in [0.29, 0.717) is 23.2 Å². The summed E-state index contributed by atoms with van der Waals surface area (Å²) in [6, 6.07) is -0.101. The van der Waals surface area contributed by atoms with Gasteiger partial charge in [0.05, 0.1) is 5.39 Å². The van der Waals surface area contributed by atoms with Gasteiger partial charge in [0.15, 0.2) is 0 Å². The molecule has 9 heteroatoms. The molecule has 2 aliphatic carbocycles. The molecule has 2 saturated carbocycles. The fraction of sp³-hybridized carbons (Fsp3) is 0.700. The van der Waals surface area contributed by atoms with Gasteiger partial charge in [-0.15, -0.1) is 11.3 Å². The molecule has 0 spiro atoms. The maximum atomic E-state index is 13.9. The van der Waals surface area contributed by atoms with E-state index in [0.717, 1.165) is 23.3 Å². The molecule has 0 bridgehead atoms. The number of hydrazine groups is 1. The number of hydrogen-bond acceptors (Lipinski definition) is 5. The molecular formula is C20H28F2N4O2S. The molecule has 0 amide bonds. The number of thiophene rings is 1. The second kappa shape index (κ2) is 6.99. The number of fused-ring (bicyclic) bond motifs is 1. The van der Waals surface area contributed by atoms with Crippen molar-refractivity contribution in [2.45, 2.75) is 84.0 Å². The largest absolute Gasteiger partial charge is 0.332 e. The van der Waals surface area contributed by atoms with Gasteiger partial charge in [-0.25, -0.2) is 13.6 Å². The fourth-order valence-corrected chi connectivity index (χ4v) is 5.03. The first-order chi connectivity index (χ1) is 13.5. The lowest BCUT2D eigenvalue weighted by Gasteiger charge is -2.36. The zero-order chi connectivity index (χ0) is 21.1. The maximum absolute atomic E-state index is 13.9. The van der Waals surface area contributed by atoms with Crippen LogP contribution in [0.1, 0.15) is 62.9 Å². The lowest BCUT2D eigenvalue weighted by atomic mass is 9.81. The van der Waals surface area contributed by atoms with Crippen molar-refractivity contribution in [2.24, 2.45) is 5.92 Å². The smallest absolute Gasteiger partial charge is 0.284 e. The minimum absolute atomic E-state index is 0.0393. The van der Waals surface area contributed by atoms with Gasteiger partial charge < -0.3 is 0 Å². The van der Waals surface area contributed by atoms with Crippen molar-refractivity contribution in [3.8, 4) is 0 Å². The van der Waals surface area contributed by atoms with Crippen molar-refractivity contribution in [3.05, 3.63) is 31.3 Å². The van der Waals surface area contributed by atoms with E-state index in [9.17, 15) is 18.4 Å². The van der Waals surface area contributed by atoms with Crippen LogP contribution in [0.4, 0.5) is 8.78 Å². The van der Waals surface area contributed by atoms with Gasteiger partial charge in [0.2, 0.25) is 0 Å². The fourth-order valence-electron chi connectivity index (χ4n) is 3.80. The average molecular weight is 427 g/mol. The standard InChI is InChI=1S/C20H28F2N4O2S/c1-11-14(9-23-24-19(2,3)4)29-17-15(11)16(27)26(13-5-6-13)18(28)25(17)10-12-7-8-20(12,21)22/h12-13,23-24H,5-10H2,1-4H3. The summed E-state index contributed by atoms with van der Waals surface area (Å²) >= 11 is 1.35. The van der Waals surface area contributed by atoms with Crippen molar-refractivity contribution >= 4 is 21.6 Å². The Balaban J connectivity index is 1.79. The number of nitrogens with one attached hydrogen (secondary N) is 2. The van der Waals surface area contributed by atoms with Crippen LogP contribution in [0.5, 0.6) is 0 Å². The molecule has 2 fully saturated rings. The van der Waals surface area contributed by atoms with Gasteiger partial charge in [0.1, 0.15) is 4.83 Å². The van der Waals surface area contributed by atoms with Crippen molar-refractivity contribution in [1.82, 2.24) is 20.0 Å². The third-order valence-corrected chi connectivity index (χ3v) is 7.11. The van der Waals surface area contributed by atoms with Crippen molar-refractivity contribution in [2.75, 3.05) is 0 Å². The van der Waals surface area contributed by atoms with Crippen LogP contribution >= 0.6 is 11.3 Å². The maximum Gasteiger partial charge on any atom is 0.332 e. The second-order valence-electron chi connectivity index (χ2n) is 9.36. The Bertz CT molecular complexity index is 1060. The van der Waals surface area contributed by atoms with Crippen molar-refractivity contribution < 1.29 is 8.78 Å². The van der Waals surface area contributed by atoms with Gasteiger partial charge in [-0.1, -0.05) is 0 Å². The van der Waals surface area contributed by atoms with Crippen LogP contribution in [0.2, 0.25) is 0 Å². The molecular weight excluding hydrogens is 398 g/mol. The molecule has 1 unspecified atom stereocenters. The molecule has 1 atom stereocenters. The minimum Gasteiger partial charge on any atom is -0.284 e. The number of hydrogen-bond donors (Lipinski definition) is 2. The highest BCUT2D eigenvalue weighted by Gasteiger charge is 2.48. The molecule has 0 radical (unpaired) electrons. The van der Waals surface area contributed by atoms with Gasteiger partial charge in [-0.05, 0) is 52.5 Å². The molecule has 6 nitrogen and oxygen atoms in total. The van der Waals surface area contributed by atoms with Crippen LogP contribution in [-0.2, 0) is 13.1 Å². The third-order valence-electron chi connectivity index (χ3n) is 5.79. The normalized spacial score (nSPS) is 21.5. The lowest BCUT2D eigenvalue weighted by molar-refractivity contribution is -0.137. The van der Waals surface area contributed by atoms with E-state index < -0.39 is 17.5 Å². The van der Waals surface area contributed by atoms with Gasteiger partial charge in [-0.2, -0.15) is 0 Å². The first-order valence-electron chi connectivity index (χ1n) is 10.1. The Morgan fingerprint density at radius 1 is 1.21 bits per heavy atom. The zero-order valence-electron chi connectivity index (χ0n) is 17.3. The van der Waals surface area contributed by atoms with Gasteiger partial charge in [0.25, 0.3) is 11.5 Å². The molecule has 2 aromatic rings. The average Bonchev–Trinajstić information content (AvgIpc) is 3.37. The van der Waals surface area contributed by atoms with E-state index in [-0.39, 0.29) is 30.1 Å². The SMILES string of the molecule is Cc1c(CNNC(C)(C)C)sc2c1c(=O)n(C1CC1)c(=O)n2CC1CCC1(F)F. The number of rotatable bonds is 6. The van der Waals surface area contributed by atoms with Gasteiger partial charge in [0, 0.05) is 41.9 Å². The Labute approximate surface area is 171 Å². The second-order valence-corrected chi connectivity index (χ2v) is 10.4. The first-order valence-corrected chi connectivity index (χ1v) is 11.0. The molecule has 29 heavy (non-hydrogen) atoms. The minimum atomic E-state index is -2.74. The number of aryl methyl sites for hydroxylation is 1. The van der Waals surface area contributed by atoms with E-state index >= 15 is 0 Å². The van der Waals surface area contributed by atoms with E-state index in [2.05, 4.69) is 10.9 Å². The number of alkyl halides is 2. The molecule has 2 heterocycles. The predicted octanol–water partition coefficient (Wildman–Crippen LogP) is 3.31. The van der Waals surface area contributed by atoms with Gasteiger partial charge in [-0.3, -0.25) is 24.8 Å². The molecule has 4 rings (SSSR count). The summed E-state index contributed by atoms with van der Waals surface area (Å²) in [4.78, 5) is 27.7. The topological polar surface area (TPSA) is 68.1 Å². The summed E-state index contributed by atoms with van der Waals surface area (Å²) < 4.78 is 30.6. The van der Waals surface area contributed by atoms with E-state index in [1.54, 1.807) is 0 Å². The van der Waals surface area contributed by atoms with Crippen molar-refractivity contribution in [1.29, 1.82) is 0 Å². The van der Waals surface area contributed by atoms with Crippen LogP contribution < -0.4 is 22.1 Å². The molecule has 2 aromatic heterocycles. The highest BCUT2D eigenvalue weighted by Crippen LogP contribution is 2.44. The molecule has 160 valence electrons. The highest BCUT2D eigenvalue weighted by atomic mass is 32.1. The molecule has 2 aliphatic rings. The Hall–Kier alpha value is -1.58. The first kappa shape index (κ1) is 20.7. The molecule has 0 aromatic carbocycles. The Morgan fingerprint density at radius 2 is 1.90 bits per heavy atom. The van der Waals surface area contributed by atoms with E-state index in [4.69, 9.17) is 0 Å². The molecule has 0 aliphatic heterocycles. The number of aromatic nitrogens is 2. The number of nitrogens with zero attached hydrogens (tertiary/aromatic N) is 2. The van der Waals surface area contributed by atoms with Crippen LogP contribution in [0, 0.1) is 12.8 Å². The summed E-state index contributed by atoms with van der Waals surface area (Å²) in [5.41, 5.74) is 6.33. The Kier molecular flexibility index (Phi) is 4.99. The monoisotopic (exact) mass is 426 g/mol. The van der Waals surface area contributed by atoms with Crippen LogP contribution in [0.15, 0.2) is 9.59 Å². The van der Waals surface area contributed by atoms with E-state index in [1.165, 1.54) is 20.5 Å². The third kappa shape index (κ3) is 3.80. The summed E-state index contributed by atoms with van der Waals surface area (Å²) in [6.07, 6.45) is 1.84. The lowest BCUT2D eigenvalue weighted by Crippen LogP contribution is -2.46. The summed E-state index contributed by atoms with van der Waals surface area (Å²) in [5.74, 6) is -3.58. The van der Waals surface area contributed by atoms with Crippen molar-refractivity contribution in [3.63, 3.8) is 0 Å².